The minimum atomic E-state index is -0.198. The van der Waals surface area contributed by atoms with Crippen LogP contribution in [-0.2, 0) is 10.6 Å². The van der Waals surface area contributed by atoms with Crippen LogP contribution in [0, 0.1) is 5.82 Å². The van der Waals surface area contributed by atoms with Crippen LogP contribution in [0.25, 0.3) is 0 Å². The van der Waals surface area contributed by atoms with E-state index in [1.165, 1.54) is 12.1 Å². The van der Waals surface area contributed by atoms with Gasteiger partial charge in [0.2, 0.25) is 0 Å². The van der Waals surface area contributed by atoms with Crippen LogP contribution >= 0.6 is 11.8 Å². The predicted molar refractivity (Wildman–Crippen MR) is 64.9 cm³/mol. The Hall–Kier alpha value is -1.03. The maximum Gasteiger partial charge on any atom is 0.138 e. The van der Waals surface area contributed by atoms with E-state index in [4.69, 9.17) is 4.84 Å². The number of oxime groups is 1. The monoisotopic (exact) mass is 239 g/mol. The summed E-state index contributed by atoms with van der Waals surface area (Å²) in [5.74, 6) is 0.606. The third-order valence-electron chi connectivity index (χ3n) is 2.29. The average Bonchev–Trinajstić information content (AvgIpc) is 2.58. The van der Waals surface area contributed by atoms with Gasteiger partial charge in [0.25, 0.3) is 0 Å². The first-order valence-corrected chi connectivity index (χ1v) is 6.16. The van der Waals surface area contributed by atoms with Gasteiger partial charge in [-0.05, 0) is 31.5 Å². The molecule has 0 bridgehead atoms. The molecule has 0 aliphatic carbocycles. The van der Waals surface area contributed by atoms with Gasteiger partial charge in [0.05, 0.1) is 0 Å². The molecule has 0 saturated carbocycles. The highest BCUT2D eigenvalue weighted by Crippen LogP contribution is 2.29. The summed E-state index contributed by atoms with van der Waals surface area (Å²) in [5, 5.41) is 5.04. The Balaban J connectivity index is 1.87. The van der Waals surface area contributed by atoms with Crippen molar-refractivity contribution in [1.82, 2.24) is 0 Å². The fraction of sp³-hybridized carbons (Fsp3) is 0.417. The summed E-state index contributed by atoms with van der Waals surface area (Å²) in [4.78, 5) is 5.27. The molecule has 0 spiro atoms. The van der Waals surface area contributed by atoms with E-state index in [9.17, 15) is 4.39 Å². The molecule has 0 fully saturated rings. The van der Waals surface area contributed by atoms with E-state index in [0.29, 0.717) is 0 Å². The first-order chi connectivity index (χ1) is 7.55. The van der Waals surface area contributed by atoms with Crippen molar-refractivity contribution in [2.45, 2.75) is 31.6 Å². The lowest BCUT2D eigenvalue weighted by Crippen LogP contribution is -2.18. The van der Waals surface area contributed by atoms with Crippen LogP contribution in [0.4, 0.5) is 4.39 Å². The van der Waals surface area contributed by atoms with Crippen molar-refractivity contribution in [2.75, 3.05) is 0 Å². The van der Waals surface area contributed by atoms with E-state index in [1.807, 2.05) is 13.8 Å². The van der Waals surface area contributed by atoms with Crippen LogP contribution in [0.1, 0.15) is 25.8 Å². The Morgan fingerprint density at radius 3 is 2.62 bits per heavy atom. The zero-order valence-electron chi connectivity index (χ0n) is 9.37. The first kappa shape index (κ1) is 11.5. The zero-order valence-corrected chi connectivity index (χ0v) is 10.2. The first-order valence-electron chi connectivity index (χ1n) is 5.17. The molecular formula is C12H14FNOS. The molecule has 2 rings (SSSR count). The van der Waals surface area contributed by atoms with E-state index in [1.54, 1.807) is 23.9 Å². The van der Waals surface area contributed by atoms with Gasteiger partial charge in [0.15, 0.2) is 0 Å². The molecule has 0 atom stereocenters. The Morgan fingerprint density at radius 2 is 2.06 bits per heavy atom. The smallest absolute Gasteiger partial charge is 0.138 e. The van der Waals surface area contributed by atoms with Crippen molar-refractivity contribution in [3.8, 4) is 0 Å². The molecule has 0 amide bonds. The van der Waals surface area contributed by atoms with Gasteiger partial charge in [-0.15, -0.1) is 11.8 Å². The van der Waals surface area contributed by atoms with Crippen molar-refractivity contribution >= 4 is 16.8 Å². The molecular weight excluding hydrogens is 225 g/mol. The van der Waals surface area contributed by atoms with Crippen LogP contribution in [0.5, 0.6) is 0 Å². The molecule has 16 heavy (non-hydrogen) atoms. The third kappa shape index (κ3) is 2.98. The Labute approximate surface area is 98.9 Å². The largest absolute Gasteiger partial charge is 0.389 e. The molecule has 0 radical (unpaired) electrons. The second-order valence-electron chi connectivity index (χ2n) is 4.43. The lowest BCUT2D eigenvalue weighted by atomic mass is 10.1. The highest BCUT2D eigenvalue weighted by Gasteiger charge is 2.28. The molecule has 1 aliphatic heterocycles. The third-order valence-corrected chi connectivity index (χ3v) is 3.32. The quantitative estimate of drug-likeness (QED) is 0.787. The molecule has 86 valence electrons. The van der Waals surface area contributed by atoms with Crippen LogP contribution in [0.2, 0.25) is 0 Å². The molecule has 0 aromatic heterocycles. The summed E-state index contributed by atoms with van der Waals surface area (Å²) < 4.78 is 12.7. The standard InChI is InChI=1S/C12H14FNOS/c1-12(2)7-11(14-15-12)16-8-9-3-5-10(13)6-4-9/h3-6H,7-8H2,1-2H3. The Bertz CT molecular complexity index is 400. The molecule has 1 aromatic rings. The highest BCUT2D eigenvalue weighted by molar-refractivity contribution is 8.13. The van der Waals surface area contributed by atoms with E-state index in [-0.39, 0.29) is 11.4 Å². The van der Waals surface area contributed by atoms with Crippen LogP contribution in [-0.4, -0.2) is 10.6 Å². The molecule has 1 aliphatic rings. The second-order valence-corrected chi connectivity index (χ2v) is 5.48. The number of nitrogens with zero attached hydrogens (tertiary/aromatic N) is 1. The molecule has 1 aromatic carbocycles. The van der Waals surface area contributed by atoms with Gasteiger partial charge < -0.3 is 4.84 Å². The van der Waals surface area contributed by atoms with Gasteiger partial charge in [0, 0.05) is 12.2 Å². The zero-order chi connectivity index (χ0) is 11.6. The van der Waals surface area contributed by atoms with Crippen molar-refractivity contribution in [3.05, 3.63) is 35.6 Å². The van der Waals surface area contributed by atoms with Gasteiger partial charge in [-0.3, -0.25) is 0 Å². The van der Waals surface area contributed by atoms with Crippen molar-refractivity contribution in [3.63, 3.8) is 0 Å². The lowest BCUT2D eigenvalue weighted by Gasteiger charge is -2.12. The summed E-state index contributed by atoms with van der Waals surface area (Å²) in [5.41, 5.74) is 0.921. The van der Waals surface area contributed by atoms with Crippen LogP contribution in [0.15, 0.2) is 29.4 Å². The molecule has 0 unspecified atom stereocenters. The fourth-order valence-corrected chi connectivity index (χ4v) is 2.49. The summed E-state index contributed by atoms with van der Waals surface area (Å²) in [6, 6.07) is 6.55. The molecule has 4 heteroatoms. The average molecular weight is 239 g/mol. The summed E-state index contributed by atoms with van der Waals surface area (Å²) in [6.07, 6.45) is 0.846. The number of thioether (sulfide) groups is 1. The van der Waals surface area contributed by atoms with E-state index in [2.05, 4.69) is 5.16 Å². The fourth-order valence-electron chi connectivity index (χ4n) is 1.43. The van der Waals surface area contributed by atoms with Gasteiger partial charge >= 0.3 is 0 Å². The van der Waals surface area contributed by atoms with Crippen LogP contribution < -0.4 is 0 Å². The van der Waals surface area contributed by atoms with E-state index < -0.39 is 0 Å². The maximum atomic E-state index is 12.7. The lowest BCUT2D eigenvalue weighted by molar-refractivity contribution is 0.0123. The van der Waals surface area contributed by atoms with E-state index in [0.717, 1.165) is 22.8 Å². The number of rotatable bonds is 2. The minimum Gasteiger partial charge on any atom is -0.389 e. The number of hydrogen-bond donors (Lipinski definition) is 0. The summed E-state index contributed by atoms with van der Waals surface area (Å²) in [6.45, 7) is 4.03. The van der Waals surface area contributed by atoms with Crippen LogP contribution in [0.3, 0.4) is 0 Å². The topological polar surface area (TPSA) is 21.6 Å². The molecule has 1 heterocycles. The Kier molecular flexibility index (Phi) is 3.19. The minimum absolute atomic E-state index is 0.175. The molecule has 0 saturated heterocycles. The number of hydrogen-bond acceptors (Lipinski definition) is 3. The van der Waals surface area contributed by atoms with Gasteiger partial charge in [0.1, 0.15) is 16.5 Å². The number of benzene rings is 1. The summed E-state index contributed by atoms with van der Waals surface area (Å²) in [7, 11) is 0. The number of halogens is 1. The Morgan fingerprint density at radius 1 is 1.38 bits per heavy atom. The SMILES string of the molecule is CC1(C)CC(SCc2ccc(F)cc2)=NO1. The van der Waals surface area contributed by atoms with Crippen molar-refractivity contribution in [1.29, 1.82) is 0 Å². The highest BCUT2D eigenvalue weighted by atomic mass is 32.2. The maximum absolute atomic E-state index is 12.7. The normalized spacial score (nSPS) is 18.1. The predicted octanol–water partition coefficient (Wildman–Crippen LogP) is 3.57. The molecule has 2 nitrogen and oxygen atoms in total. The molecule has 0 N–H and O–H groups in total. The van der Waals surface area contributed by atoms with Crippen molar-refractivity contribution in [2.24, 2.45) is 5.16 Å². The van der Waals surface area contributed by atoms with Gasteiger partial charge in [-0.1, -0.05) is 17.3 Å². The van der Waals surface area contributed by atoms with Crippen molar-refractivity contribution < 1.29 is 9.23 Å². The second kappa shape index (κ2) is 4.45. The van der Waals surface area contributed by atoms with Gasteiger partial charge in [-0.25, -0.2) is 4.39 Å². The van der Waals surface area contributed by atoms with Gasteiger partial charge in [-0.2, -0.15) is 0 Å². The van der Waals surface area contributed by atoms with E-state index >= 15 is 0 Å². The summed E-state index contributed by atoms with van der Waals surface area (Å²) >= 11 is 1.65.